The third-order valence-corrected chi connectivity index (χ3v) is 4.82. The highest BCUT2D eigenvalue weighted by atomic mass is 32.1. The fourth-order valence-corrected chi connectivity index (χ4v) is 3.16. The van der Waals surface area contributed by atoms with Crippen molar-refractivity contribution in [3.05, 3.63) is 51.7 Å². The molecule has 0 fully saturated rings. The molecule has 2 rings (SSSR count). The van der Waals surface area contributed by atoms with Crippen molar-refractivity contribution in [2.45, 2.75) is 32.7 Å². The summed E-state index contributed by atoms with van der Waals surface area (Å²) in [6.07, 6.45) is 3.09. The number of aromatic hydroxyl groups is 1. The van der Waals surface area contributed by atoms with Crippen LogP contribution in [0.5, 0.6) is 5.75 Å². The Balaban J connectivity index is 1.67. The number of guanidine groups is 1. The van der Waals surface area contributed by atoms with E-state index in [2.05, 4.69) is 34.7 Å². The molecule has 0 spiro atoms. The third kappa shape index (κ3) is 5.94. The van der Waals surface area contributed by atoms with E-state index in [1.54, 1.807) is 19.2 Å². The van der Waals surface area contributed by atoms with E-state index in [4.69, 9.17) is 0 Å². The molecule has 0 aliphatic heterocycles. The summed E-state index contributed by atoms with van der Waals surface area (Å²) < 4.78 is 0. The Hall–Kier alpha value is -2.01. The highest BCUT2D eigenvalue weighted by Crippen LogP contribution is 2.16. The van der Waals surface area contributed by atoms with E-state index in [0.29, 0.717) is 5.75 Å². The van der Waals surface area contributed by atoms with Crippen molar-refractivity contribution in [2.24, 2.45) is 4.99 Å². The summed E-state index contributed by atoms with van der Waals surface area (Å²) in [5.41, 5.74) is 1.23. The zero-order valence-electron chi connectivity index (χ0n) is 13.8. The molecule has 0 aliphatic rings. The lowest BCUT2D eigenvalue weighted by Gasteiger charge is -2.11. The first-order valence-electron chi connectivity index (χ1n) is 8.01. The van der Waals surface area contributed by atoms with Gasteiger partial charge in [-0.1, -0.05) is 19.1 Å². The zero-order chi connectivity index (χ0) is 16.5. The summed E-state index contributed by atoms with van der Waals surface area (Å²) in [6, 6.07) is 11.8. The molecule has 1 aromatic heterocycles. The number of nitrogens with one attached hydrogen (secondary N) is 2. The van der Waals surface area contributed by atoms with Crippen LogP contribution in [0, 0.1) is 0 Å². The number of aliphatic imine (C=N–C) groups is 1. The average Bonchev–Trinajstić information content (AvgIpc) is 3.04. The van der Waals surface area contributed by atoms with Crippen molar-refractivity contribution in [3.63, 3.8) is 0 Å². The van der Waals surface area contributed by atoms with E-state index in [1.165, 1.54) is 15.3 Å². The van der Waals surface area contributed by atoms with Crippen LogP contribution in [0.4, 0.5) is 0 Å². The Labute approximate surface area is 142 Å². The standard InChI is InChI=1S/C18H25N3OS/c1-3-16-10-11-17(23-16)13-21-18(19-2)20-12-4-5-14-6-8-15(22)9-7-14/h6-11,22H,3-5,12-13H2,1-2H3,(H2,19,20,21). The molecule has 0 bridgehead atoms. The van der Waals surface area contributed by atoms with Gasteiger partial charge >= 0.3 is 0 Å². The van der Waals surface area contributed by atoms with Gasteiger partial charge < -0.3 is 15.7 Å². The Bertz CT molecular complexity index is 619. The molecular weight excluding hydrogens is 306 g/mol. The van der Waals surface area contributed by atoms with Crippen LogP contribution in [0.3, 0.4) is 0 Å². The predicted molar refractivity (Wildman–Crippen MR) is 98.3 cm³/mol. The number of benzene rings is 1. The van der Waals surface area contributed by atoms with E-state index < -0.39 is 0 Å². The summed E-state index contributed by atoms with van der Waals surface area (Å²) in [5.74, 6) is 1.15. The molecule has 0 radical (unpaired) electrons. The second kappa shape index (κ2) is 9.20. The molecule has 0 amide bonds. The van der Waals surface area contributed by atoms with E-state index in [-0.39, 0.29) is 0 Å². The number of aryl methyl sites for hydroxylation is 2. The van der Waals surface area contributed by atoms with Crippen LogP contribution in [-0.4, -0.2) is 24.7 Å². The summed E-state index contributed by atoms with van der Waals surface area (Å²) >= 11 is 1.85. The molecule has 0 saturated heterocycles. The molecule has 3 N–H and O–H groups in total. The lowest BCUT2D eigenvalue weighted by molar-refractivity contribution is 0.475. The van der Waals surface area contributed by atoms with Crippen molar-refractivity contribution in [3.8, 4) is 5.75 Å². The van der Waals surface area contributed by atoms with E-state index in [0.717, 1.165) is 38.3 Å². The SMILES string of the molecule is CCc1ccc(CNC(=NC)NCCCc2ccc(O)cc2)s1. The Kier molecular flexibility index (Phi) is 6.94. The maximum atomic E-state index is 9.27. The number of rotatable bonds is 7. The molecule has 0 unspecified atom stereocenters. The van der Waals surface area contributed by atoms with E-state index in [9.17, 15) is 5.11 Å². The smallest absolute Gasteiger partial charge is 0.191 e. The number of hydrogen-bond donors (Lipinski definition) is 3. The molecule has 2 aromatic rings. The van der Waals surface area contributed by atoms with Gasteiger partial charge in [0.2, 0.25) is 0 Å². The van der Waals surface area contributed by atoms with Gasteiger partial charge in [0.05, 0.1) is 6.54 Å². The van der Waals surface area contributed by atoms with Crippen molar-refractivity contribution in [1.29, 1.82) is 0 Å². The molecule has 4 nitrogen and oxygen atoms in total. The molecule has 23 heavy (non-hydrogen) atoms. The second-order valence-electron chi connectivity index (χ2n) is 5.34. The van der Waals surface area contributed by atoms with Crippen molar-refractivity contribution < 1.29 is 5.11 Å². The largest absolute Gasteiger partial charge is 0.508 e. The van der Waals surface area contributed by atoms with Crippen LogP contribution in [0.2, 0.25) is 0 Å². The van der Waals surface area contributed by atoms with Crippen LogP contribution in [-0.2, 0) is 19.4 Å². The topological polar surface area (TPSA) is 56.7 Å². The maximum Gasteiger partial charge on any atom is 0.191 e. The van der Waals surface area contributed by atoms with Crippen LogP contribution in [0.25, 0.3) is 0 Å². The fourth-order valence-electron chi connectivity index (χ4n) is 2.26. The Morgan fingerprint density at radius 3 is 2.48 bits per heavy atom. The summed E-state index contributed by atoms with van der Waals surface area (Å²) in [6.45, 7) is 3.85. The van der Waals surface area contributed by atoms with Gasteiger partial charge in [-0.15, -0.1) is 11.3 Å². The summed E-state index contributed by atoms with van der Waals surface area (Å²) in [4.78, 5) is 7.00. The number of nitrogens with zero attached hydrogens (tertiary/aromatic N) is 1. The first kappa shape index (κ1) is 17.3. The molecule has 1 aromatic carbocycles. The third-order valence-electron chi connectivity index (χ3n) is 3.59. The van der Waals surface area contributed by atoms with Crippen LogP contribution < -0.4 is 10.6 Å². The van der Waals surface area contributed by atoms with Gasteiger partial charge in [-0.3, -0.25) is 4.99 Å². The molecule has 0 aliphatic carbocycles. The van der Waals surface area contributed by atoms with Crippen molar-refractivity contribution in [2.75, 3.05) is 13.6 Å². The van der Waals surface area contributed by atoms with Crippen LogP contribution in [0.15, 0.2) is 41.4 Å². The van der Waals surface area contributed by atoms with Gasteiger partial charge in [-0.05, 0) is 49.1 Å². The average molecular weight is 331 g/mol. The molecule has 5 heteroatoms. The molecule has 0 saturated carbocycles. The Morgan fingerprint density at radius 2 is 1.83 bits per heavy atom. The predicted octanol–water partition coefficient (Wildman–Crippen LogP) is 3.31. The Morgan fingerprint density at radius 1 is 1.09 bits per heavy atom. The molecule has 1 heterocycles. The molecule has 124 valence electrons. The lowest BCUT2D eigenvalue weighted by Crippen LogP contribution is -2.37. The molecule has 0 atom stereocenters. The van der Waals surface area contributed by atoms with E-state index >= 15 is 0 Å². The normalized spacial score (nSPS) is 11.5. The summed E-state index contributed by atoms with van der Waals surface area (Å²) in [5, 5.41) is 15.9. The number of hydrogen-bond acceptors (Lipinski definition) is 3. The van der Waals surface area contributed by atoms with Crippen molar-refractivity contribution in [1.82, 2.24) is 10.6 Å². The highest BCUT2D eigenvalue weighted by Gasteiger charge is 2.01. The highest BCUT2D eigenvalue weighted by molar-refractivity contribution is 7.11. The first-order chi connectivity index (χ1) is 11.2. The van der Waals surface area contributed by atoms with Crippen LogP contribution >= 0.6 is 11.3 Å². The van der Waals surface area contributed by atoms with Gasteiger partial charge in [0, 0.05) is 23.3 Å². The zero-order valence-corrected chi connectivity index (χ0v) is 14.6. The minimum atomic E-state index is 0.316. The maximum absolute atomic E-state index is 9.27. The van der Waals surface area contributed by atoms with Gasteiger partial charge in [0.1, 0.15) is 5.75 Å². The van der Waals surface area contributed by atoms with Crippen LogP contribution in [0.1, 0.15) is 28.7 Å². The lowest BCUT2D eigenvalue weighted by atomic mass is 10.1. The van der Waals surface area contributed by atoms with E-state index in [1.807, 2.05) is 23.5 Å². The summed E-state index contributed by atoms with van der Waals surface area (Å²) in [7, 11) is 1.79. The van der Waals surface area contributed by atoms with Gasteiger partial charge in [-0.25, -0.2) is 0 Å². The number of thiophene rings is 1. The van der Waals surface area contributed by atoms with Gasteiger partial charge in [0.25, 0.3) is 0 Å². The number of phenolic OH excluding ortho intramolecular Hbond substituents is 1. The quantitative estimate of drug-likeness (QED) is 0.414. The minimum absolute atomic E-state index is 0.316. The van der Waals surface area contributed by atoms with Gasteiger partial charge in [-0.2, -0.15) is 0 Å². The van der Waals surface area contributed by atoms with Gasteiger partial charge in [0.15, 0.2) is 5.96 Å². The first-order valence-corrected chi connectivity index (χ1v) is 8.83. The fraction of sp³-hybridized carbons (Fsp3) is 0.389. The minimum Gasteiger partial charge on any atom is -0.508 e. The second-order valence-corrected chi connectivity index (χ2v) is 6.60. The van der Waals surface area contributed by atoms with Crippen molar-refractivity contribution >= 4 is 17.3 Å². The number of phenols is 1. The monoisotopic (exact) mass is 331 g/mol. The molecular formula is C18H25N3OS.